The van der Waals surface area contributed by atoms with E-state index in [4.69, 9.17) is 5.73 Å². The zero-order valence-electron chi connectivity index (χ0n) is 17.6. The molecule has 0 atom stereocenters. The van der Waals surface area contributed by atoms with E-state index in [0.717, 1.165) is 41.2 Å². The van der Waals surface area contributed by atoms with Gasteiger partial charge in [0.15, 0.2) is 5.82 Å². The maximum atomic E-state index is 11.9. The monoisotopic (exact) mass is 426 g/mol. The van der Waals surface area contributed by atoms with Crippen LogP contribution in [-0.4, -0.2) is 37.2 Å². The predicted octanol–water partition coefficient (Wildman–Crippen LogP) is 3.39. The number of hydrogen-bond acceptors (Lipinski definition) is 7. The van der Waals surface area contributed by atoms with Crippen LogP contribution < -0.4 is 16.0 Å². The largest absolute Gasteiger partial charge is 0.368 e. The zero-order chi connectivity index (χ0) is 22.1. The number of aryl methyl sites for hydroxylation is 1. The van der Waals surface area contributed by atoms with Crippen molar-refractivity contribution in [1.82, 2.24) is 24.7 Å². The minimum atomic E-state index is 0.175. The number of aromatic nitrogens is 5. The first kappa shape index (κ1) is 19.7. The van der Waals surface area contributed by atoms with Crippen molar-refractivity contribution in [2.24, 2.45) is 7.05 Å². The molecule has 2 aromatic carbocycles. The predicted molar refractivity (Wildman–Crippen MR) is 123 cm³/mol. The van der Waals surface area contributed by atoms with Gasteiger partial charge in [-0.25, -0.2) is 14.6 Å². The minimum Gasteiger partial charge on any atom is -0.368 e. The van der Waals surface area contributed by atoms with E-state index in [1.54, 1.807) is 10.9 Å². The molecular formula is C23H22N8O. The molecule has 1 aliphatic heterocycles. The number of carbonyl (C=O) groups is 1. The van der Waals surface area contributed by atoms with Crippen molar-refractivity contribution >= 4 is 29.2 Å². The second-order valence-electron chi connectivity index (χ2n) is 7.58. The summed E-state index contributed by atoms with van der Waals surface area (Å²) >= 11 is 0. The second kappa shape index (κ2) is 8.10. The van der Waals surface area contributed by atoms with Gasteiger partial charge < -0.3 is 16.0 Å². The number of benzene rings is 2. The number of carbonyl (C=O) groups excluding carboxylic acids is 1. The fraction of sp³-hybridized carbons (Fsp3) is 0.174. The van der Waals surface area contributed by atoms with Gasteiger partial charge in [0.25, 0.3) is 0 Å². The molecule has 9 nitrogen and oxygen atoms in total. The van der Waals surface area contributed by atoms with Crippen LogP contribution in [0.25, 0.3) is 22.6 Å². The van der Waals surface area contributed by atoms with Gasteiger partial charge in [-0.05, 0) is 48.9 Å². The fourth-order valence-corrected chi connectivity index (χ4v) is 3.72. The number of hydrogen-bond donors (Lipinski definition) is 2. The number of nitrogens with one attached hydrogen (secondary N) is 1. The molecule has 0 unspecified atom stereocenters. The molecule has 2 aromatic heterocycles. The molecule has 0 bridgehead atoms. The van der Waals surface area contributed by atoms with Gasteiger partial charge in [0, 0.05) is 48.7 Å². The van der Waals surface area contributed by atoms with E-state index in [9.17, 15) is 4.79 Å². The lowest BCUT2D eigenvalue weighted by atomic mass is 10.1. The molecule has 32 heavy (non-hydrogen) atoms. The Labute approximate surface area is 184 Å². The molecule has 4 aromatic rings. The summed E-state index contributed by atoms with van der Waals surface area (Å²) in [5, 5.41) is 7.82. The summed E-state index contributed by atoms with van der Waals surface area (Å²) in [5.41, 5.74) is 10.1. The molecule has 0 aliphatic carbocycles. The third-order valence-electron chi connectivity index (χ3n) is 5.38. The first-order chi connectivity index (χ1) is 15.6. The van der Waals surface area contributed by atoms with E-state index in [2.05, 4.69) is 25.4 Å². The Morgan fingerprint density at radius 2 is 1.72 bits per heavy atom. The van der Waals surface area contributed by atoms with E-state index in [-0.39, 0.29) is 11.9 Å². The van der Waals surface area contributed by atoms with Crippen molar-refractivity contribution in [3.8, 4) is 22.6 Å². The molecule has 1 saturated heterocycles. The van der Waals surface area contributed by atoms with Crippen LogP contribution in [0.2, 0.25) is 0 Å². The molecular weight excluding hydrogens is 404 g/mol. The second-order valence-corrected chi connectivity index (χ2v) is 7.58. The Hall–Kier alpha value is -4.27. The van der Waals surface area contributed by atoms with Gasteiger partial charge in [0.05, 0.1) is 5.69 Å². The Balaban J connectivity index is 1.32. The van der Waals surface area contributed by atoms with Gasteiger partial charge in [-0.3, -0.25) is 4.79 Å². The average molecular weight is 426 g/mol. The van der Waals surface area contributed by atoms with Gasteiger partial charge in [0.2, 0.25) is 17.8 Å². The molecule has 1 fully saturated rings. The van der Waals surface area contributed by atoms with Gasteiger partial charge in [-0.15, -0.1) is 5.10 Å². The van der Waals surface area contributed by atoms with E-state index in [1.807, 2.05) is 66.5 Å². The molecule has 5 rings (SSSR count). The highest BCUT2D eigenvalue weighted by Gasteiger charge is 2.21. The van der Waals surface area contributed by atoms with Crippen molar-refractivity contribution in [3.63, 3.8) is 0 Å². The summed E-state index contributed by atoms with van der Waals surface area (Å²) in [6, 6.07) is 17.4. The van der Waals surface area contributed by atoms with Crippen LogP contribution in [0.1, 0.15) is 12.8 Å². The van der Waals surface area contributed by atoms with Crippen LogP contribution >= 0.6 is 0 Å². The lowest BCUT2D eigenvalue weighted by molar-refractivity contribution is -0.117. The maximum Gasteiger partial charge on any atom is 0.227 e. The summed E-state index contributed by atoms with van der Waals surface area (Å²) in [4.78, 5) is 26.6. The van der Waals surface area contributed by atoms with Crippen LogP contribution in [0, 0.1) is 0 Å². The van der Waals surface area contributed by atoms with Crippen molar-refractivity contribution < 1.29 is 4.79 Å². The molecule has 0 radical (unpaired) electrons. The number of amides is 1. The molecule has 9 heteroatoms. The van der Waals surface area contributed by atoms with Crippen molar-refractivity contribution in [2.45, 2.75) is 12.8 Å². The number of nitrogens with two attached hydrogens (primary N) is 1. The Morgan fingerprint density at radius 1 is 0.969 bits per heavy atom. The topological polar surface area (TPSA) is 115 Å². The normalized spacial score (nSPS) is 13.5. The Morgan fingerprint density at radius 3 is 2.41 bits per heavy atom. The lowest BCUT2D eigenvalue weighted by Gasteiger charge is -2.15. The lowest BCUT2D eigenvalue weighted by Crippen LogP contribution is -2.23. The SMILES string of the molecule is Cn1nc(-c2ccc(N3CCCC3=O)cc2)nc1Nc1ccc(-c2ccnc(N)n2)cc1. The zero-order valence-corrected chi connectivity index (χ0v) is 17.6. The third-order valence-corrected chi connectivity index (χ3v) is 5.38. The third kappa shape index (κ3) is 3.87. The van der Waals surface area contributed by atoms with Crippen LogP contribution in [0.3, 0.4) is 0 Å². The molecule has 1 aliphatic rings. The van der Waals surface area contributed by atoms with Gasteiger partial charge >= 0.3 is 0 Å². The van der Waals surface area contributed by atoms with Crippen LogP contribution in [-0.2, 0) is 11.8 Å². The van der Waals surface area contributed by atoms with Crippen molar-refractivity contribution in [2.75, 3.05) is 22.5 Å². The van der Waals surface area contributed by atoms with Crippen LogP contribution in [0.4, 0.5) is 23.3 Å². The summed E-state index contributed by atoms with van der Waals surface area (Å²) in [7, 11) is 1.84. The number of anilines is 4. The van der Waals surface area contributed by atoms with Crippen molar-refractivity contribution in [3.05, 3.63) is 60.8 Å². The number of rotatable bonds is 5. The molecule has 1 amide bonds. The van der Waals surface area contributed by atoms with Gasteiger partial charge in [0.1, 0.15) is 0 Å². The number of nitrogens with zero attached hydrogens (tertiary/aromatic N) is 6. The highest BCUT2D eigenvalue weighted by atomic mass is 16.2. The first-order valence-electron chi connectivity index (χ1n) is 10.3. The summed E-state index contributed by atoms with van der Waals surface area (Å²) in [6.45, 7) is 0.775. The highest BCUT2D eigenvalue weighted by Crippen LogP contribution is 2.26. The van der Waals surface area contributed by atoms with E-state index in [0.29, 0.717) is 18.2 Å². The standard InChI is InChI=1S/C23H22N8O/c1-30-23(26-17-8-4-15(5-9-17)19-12-13-25-22(24)27-19)28-21(29-30)16-6-10-18(11-7-16)31-14-2-3-20(31)32/h4-13H,2-3,14H2,1H3,(H2,24,25,27)(H,26,28,29). The minimum absolute atomic E-state index is 0.175. The van der Waals surface area contributed by atoms with Crippen LogP contribution in [0.5, 0.6) is 0 Å². The smallest absolute Gasteiger partial charge is 0.227 e. The maximum absolute atomic E-state index is 11.9. The van der Waals surface area contributed by atoms with Gasteiger partial charge in [-0.2, -0.15) is 4.98 Å². The van der Waals surface area contributed by atoms with Crippen molar-refractivity contribution in [1.29, 1.82) is 0 Å². The van der Waals surface area contributed by atoms with Gasteiger partial charge in [-0.1, -0.05) is 12.1 Å². The van der Waals surface area contributed by atoms with E-state index >= 15 is 0 Å². The molecule has 0 spiro atoms. The Kier molecular flexibility index (Phi) is 4.98. The molecule has 0 saturated carbocycles. The molecule has 3 heterocycles. The quantitative estimate of drug-likeness (QED) is 0.503. The number of nitrogen functional groups attached to an aromatic ring is 1. The van der Waals surface area contributed by atoms with E-state index in [1.165, 1.54) is 0 Å². The molecule has 3 N–H and O–H groups in total. The summed E-state index contributed by atoms with van der Waals surface area (Å²) in [5.74, 6) is 1.66. The Bertz CT molecular complexity index is 1260. The average Bonchev–Trinajstić information content (AvgIpc) is 3.40. The molecule has 160 valence electrons. The fourth-order valence-electron chi connectivity index (χ4n) is 3.72. The summed E-state index contributed by atoms with van der Waals surface area (Å²) in [6.07, 6.45) is 3.17. The van der Waals surface area contributed by atoms with E-state index < -0.39 is 0 Å². The van der Waals surface area contributed by atoms with Crippen LogP contribution in [0.15, 0.2) is 60.8 Å². The summed E-state index contributed by atoms with van der Waals surface area (Å²) < 4.78 is 1.70. The highest BCUT2D eigenvalue weighted by molar-refractivity contribution is 5.95. The first-order valence-corrected chi connectivity index (χ1v) is 10.3.